The van der Waals surface area contributed by atoms with Gasteiger partial charge < -0.3 is 14.4 Å². The van der Waals surface area contributed by atoms with Gasteiger partial charge in [0.15, 0.2) is 11.5 Å². The Morgan fingerprint density at radius 1 is 1.22 bits per heavy atom. The number of ether oxygens (including phenoxy) is 2. The van der Waals surface area contributed by atoms with E-state index in [4.69, 9.17) is 9.47 Å². The number of piperidine rings is 1. The molecule has 1 atom stereocenters. The van der Waals surface area contributed by atoms with Gasteiger partial charge in [0.25, 0.3) is 0 Å². The molecule has 3 nitrogen and oxygen atoms in total. The molecule has 1 aliphatic rings. The second-order valence-electron chi connectivity index (χ2n) is 4.92. The Kier molecular flexibility index (Phi) is 4.88. The first-order chi connectivity index (χ1) is 8.81. The molecule has 0 saturated carbocycles. The molecule has 1 aromatic rings. The smallest absolute Gasteiger partial charge is 0.161 e. The van der Waals surface area contributed by atoms with E-state index < -0.39 is 0 Å². The van der Waals surface area contributed by atoms with Gasteiger partial charge in [0, 0.05) is 6.04 Å². The normalized spacial score (nSPS) is 20.7. The summed E-state index contributed by atoms with van der Waals surface area (Å²) in [5, 5.41) is 0. The fourth-order valence-electron chi connectivity index (χ4n) is 2.55. The second-order valence-corrected chi connectivity index (χ2v) is 4.92. The Morgan fingerprint density at radius 2 is 2.00 bits per heavy atom. The summed E-state index contributed by atoms with van der Waals surface area (Å²) < 4.78 is 11.1. The van der Waals surface area contributed by atoms with Crippen molar-refractivity contribution in [1.82, 2.24) is 4.90 Å². The molecule has 1 fully saturated rings. The van der Waals surface area contributed by atoms with Gasteiger partial charge in [0.2, 0.25) is 0 Å². The van der Waals surface area contributed by atoms with E-state index in [9.17, 15) is 0 Å². The van der Waals surface area contributed by atoms with Crippen LogP contribution < -0.4 is 9.47 Å². The standard InChI is InChI=1S/C15H23NO2/c1-16-11-6-5-7-13(16)10-12-18-15-9-4-3-8-14(15)17-2/h3-4,8-9,13H,5-7,10-12H2,1-2H3. The van der Waals surface area contributed by atoms with Crippen molar-refractivity contribution in [2.24, 2.45) is 0 Å². The van der Waals surface area contributed by atoms with Crippen LogP contribution in [0.3, 0.4) is 0 Å². The van der Waals surface area contributed by atoms with Crippen LogP contribution in [-0.2, 0) is 0 Å². The van der Waals surface area contributed by atoms with Crippen molar-refractivity contribution < 1.29 is 9.47 Å². The van der Waals surface area contributed by atoms with Gasteiger partial charge in [-0.2, -0.15) is 0 Å². The van der Waals surface area contributed by atoms with Crippen LogP contribution in [0.2, 0.25) is 0 Å². The van der Waals surface area contributed by atoms with Crippen LogP contribution in [-0.4, -0.2) is 38.3 Å². The number of nitrogens with zero attached hydrogens (tertiary/aromatic N) is 1. The van der Waals surface area contributed by atoms with E-state index in [2.05, 4.69) is 11.9 Å². The van der Waals surface area contributed by atoms with Gasteiger partial charge in [-0.15, -0.1) is 0 Å². The van der Waals surface area contributed by atoms with E-state index in [1.165, 1.54) is 25.8 Å². The van der Waals surface area contributed by atoms with Crippen LogP contribution in [0.4, 0.5) is 0 Å². The van der Waals surface area contributed by atoms with Crippen molar-refractivity contribution >= 4 is 0 Å². The van der Waals surface area contributed by atoms with E-state index >= 15 is 0 Å². The Balaban J connectivity index is 1.80. The topological polar surface area (TPSA) is 21.7 Å². The summed E-state index contributed by atoms with van der Waals surface area (Å²) in [7, 11) is 3.89. The Labute approximate surface area is 110 Å². The van der Waals surface area contributed by atoms with Gasteiger partial charge in [-0.05, 0) is 45.0 Å². The molecule has 0 spiro atoms. The number of para-hydroxylation sites is 2. The predicted octanol–water partition coefficient (Wildman–Crippen LogP) is 2.95. The first-order valence-corrected chi connectivity index (χ1v) is 6.77. The monoisotopic (exact) mass is 249 g/mol. The van der Waals surface area contributed by atoms with E-state index in [0.29, 0.717) is 6.04 Å². The van der Waals surface area contributed by atoms with Crippen LogP contribution in [0.1, 0.15) is 25.7 Å². The highest BCUT2D eigenvalue weighted by atomic mass is 16.5. The van der Waals surface area contributed by atoms with Crippen LogP contribution in [0, 0.1) is 0 Å². The van der Waals surface area contributed by atoms with Gasteiger partial charge in [0.05, 0.1) is 13.7 Å². The van der Waals surface area contributed by atoms with E-state index in [-0.39, 0.29) is 0 Å². The Bertz CT molecular complexity index is 367. The fourth-order valence-corrected chi connectivity index (χ4v) is 2.55. The quantitative estimate of drug-likeness (QED) is 0.801. The molecule has 2 rings (SSSR count). The number of methoxy groups -OCH3 is 1. The Morgan fingerprint density at radius 3 is 2.72 bits per heavy atom. The molecule has 1 aliphatic heterocycles. The van der Waals surface area contributed by atoms with Crippen LogP contribution in [0.15, 0.2) is 24.3 Å². The largest absolute Gasteiger partial charge is 0.493 e. The lowest BCUT2D eigenvalue weighted by atomic mass is 10.0. The second kappa shape index (κ2) is 6.64. The van der Waals surface area contributed by atoms with Crippen molar-refractivity contribution in [2.75, 3.05) is 27.3 Å². The van der Waals surface area contributed by atoms with Gasteiger partial charge >= 0.3 is 0 Å². The summed E-state index contributed by atoms with van der Waals surface area (Å²) in [6.45, 7) is 1.98. The first kappa shape index (κ1) is 13.2. The predicted molar refractivity (Wildman–Crippen MR) is 73.4 cm³/mol. The summed E-state index contributed by atoms with van der Waals surface area (Å²) in [5.41, 5.74) is 0. The maximum Gasteiger partial charge on any atom is 0.161 e. The lowest BCUT2D eigenvalue weighted by Gasteiger charge is -2.32. The van der Waals surface area contributed by atoms with E-state index in [1.54, 1.807) is 7.11 Å². The molecule has 1 heterocycles. The van der Waals surface area contributed by atoms with Crippen molar-refractivity contribution in [2.45, 2.75) is 31.7 Å². The molecule has 0 bridgehead atoms. The maximum absolute atomic E-state index is 5.83. The zero-order chi connectivity index (χ0) is 12.8. The molecule has 0 amide bonds. The minimum atomic E-state index is 0.674. The lowest BCUT2D eigenvalue weighted by molar-refractivity contribution is 0.152. The third kappa shape index (κ3) is 3.39. The first-order valence-electron chi connectivity index (χ1n) is 6.77. The lowest BCUT2D eigenvalue weighted by Crippen LogP contribution is -2.37. The molecular weight excluding hydrogens is 226 g/mol. The molecule has 0 aromatic heterocycles. The number of hydrogen-bond donors (Lipinski definition) is 0. The minimum Gasteiger partial charge on any atom is -0.493 e. The van der Waals surface area contributed by atoms with E-state index in [0.717, 1.165) is 24.5 Å². The Hall–Kier alpha value is -1.22. The highest BCUT2D eigenvalue weighted by Gasteiger charge is 2.18. The third-order valence-corrected chi connectivity index (χ3v) is 3.70. The molecule has 18 heavy (non-hydrogen) atoms. The summed E-state index contributed by atoms with van der Waals surface area (Å²) in [6, 6.07) is 8.50. The molecule has 0 aliphatic carbocycles. The molecule has 1 unspecified atom stereocenters. The zero-order valence-electron chi connectivity index (χ0n) is 11.4. The molecule has 0 radical (unpaired) electrons. The maximum atomic E-state index is 5.83. The van der Waals surface area contributed by atoms with Crippen LogP contribution in [0.25, 0.3) is 0 Å². The number of rotatable bonds is 5. The molecule has 100 valence electrons. The number of likely N-dealkylation sites (tertiary alicyclic amines) is 1. The summed E-state index contributed by atoms with van der Waals surface area (Å²) in [6.07, 6.45) is 5.07. The van der Waals surface area contributed by atoms with Crippen molar-refractivity contribution in [1.29, 1.82) is 0 Å². The zero-order valence-corrected chi connectivity index (χ0v) is 11.4. The molecule has 1 saturated heterocycles. The molecule has 0 N–H and O–H groups in total. The summed E-state index contributed by atoms with van der Waals surface area (Å²) >= 11 is 0. The van der Waals surface area contributed by atoms with Crippen molar-refractivity contribution in [3.8, 4) is 11.5 Å². The minimum absolute atomic E-state index is 0.674. The van der Waals surface area contributed by atoms with Crippen molar-refractivity contribution in [3.63, 3.8) is 0 Å². The van der Waals surface area contributed by atoms with Gasteiger partial charge in [-0.1, -0.05) is 18.6 Å². The van der Waals surface area contributed by atoms with Crippen molar-refractivity contribution in [3.05, 3.63) is 24.3 Å². The average Bonchev–Trinajstić information content (AvgIpc) is 2.41. The third-order valence-electron chi connectivity index (χ3n) is 3.70. The molecular formula is C15H23NO2. The molecule has 1 aromatic carbocycles. The van der Waals surface area contributed by atoms with Gasteiger partial charge in [-0.3, -0.25) is 0 Å². The summed E-state index contributed by atoms with van der Waals surface area (Å²) in [5.74, 6) is 1.66. The summed E-state index contributed by atoms with van der Waals surface area (Å²) in [4.78, 5) is 2.45. The van der Waals surface area contributed by atoms with Gasteiger partial charge in [-0.25, -0.2) is 0 Å². The SMILES string of the molecule is COc1ccccc1OCCC1CCCCN1C. The number of hydrogen-bond acceptors (Lipinski definition) is 3. The number of benzene rings is 1. The van der Waals surface area contributed by atoms with Gasteiger partial charge in [0.1, 0.15) is 0 Å². The van der Waals surface area contributed by atoms with Crippen LogP contribution in [0.5, 0.6) is 11.5 Å². The molecule has 3 heteroatoms. The van der Waals surface area contributed by atoms with E-state index in [1.807, 2.05) is 24.3 Å². The highest BCUT2D eigenvalue weighted by Crippen LogP contribution is 2.26. The average molecular weight is 249 g/mol. The highest BCUT2D eigenvalue weighted by molar-refractivity contribution is 5.39. The van der Waals surface area contributed by atoms with Crippen LogP contribution >= 0.6 is 0 Å². The fraction of sp³-hybridized carbons (Fsp3) is 0.600.